The van der Waals surface area contributed by atoms with Gasteiger partial charge in [0.2, 0.25) is 10.0 Å². The number of hydrogen-bond acceptors (Lipinski definition) is 7. The average molecular weight is 504 g/mol. The van der Waals surface area contributed by atoms with Crippen LogP contribution in [0.1, 0.15) is 19.4 Å². The summed E-state index contributed by atoms with van der Waals surface area (Å²) in [5.74, 6) is 1.71. The highest BCUT2D eigenvalue weighted by Gasteiger charge is 2.32. The molecule has 35 heavy (non-hydrogen) atoms. The fraction of sp³-hybridized carbons (Fsp3) is 0.480. The Morgan fingerprint density at radius 2 is 1.80 bits per heavy atom. The third kappa shape index (κ3) is 6.06. The van der Waals surface area contributed by atoms with Gasteiger partial charge in [0, 0.05) is 51.3 Å². The molecular weight excluding hydrogens is 470 g/mol. The molecule has 0 atom stereocenters. The summed E-state index contributed by atoms with van der Waals surface area (Å²) in [5.41, 5.74) is 0.809. The maximum atomic E-state index is 12.9. The van der Waals surface area contributed by atoms with Gasteiger partial charge in [0.25, 0.3) is 5.91 Å². The minimum Gasteiger partial charge on any atom is -0.497 e. The summed E-state index contributed by atoms with van der Waals surface area (Å²) in [6.07, 6.45) is 0.806. The lowest BCUT2D eigenvalue weighted by Crippen LogP contribution is -2.50. The highest BCUT2D eigenvalue weighted by atomic mass is 32.2. The lowest BCUT2D eigenvalue weighted by molar-refractivity contribution is -0.123. The Balaban J connectivity index is 1.18. The number of para-hydroxylation sites is 1. The van der Waals surface area contributed by atoms with Crippen LogP contribution < -0.4 is 19.5 Å². The Kier molecular flexibility index (Phi) is 7.53. The van der Waals surface area contributed by atoms with Gasteiger partial charge in [-0.3, -0.25) is 9.69 Å². The van der Waals surface area contributed by atoms with Gasteiger partial charge in [-0.15, -0.1) is 0 Å². The molecule has 0 aromatic heterocycles. The van der Waals surface area contributed by atoms with E-state index in [4.69, 9.17) is 14.2 Å². The van der Waals surface area contributed by atoms with E-state index in [2.05, 4.69) is 10.2 Å². The molecule has 190 valence electrons. The summed E-state index contributed by atoms with van der Waals surface area (Å²) in [6.45, 7) is 7.08. The predicted octanol–water partition coefficient (Wildman–Crippen LogP) is 1.91. The fourth-order valence-electron chi connectivity index (χ4n) is 4.34. The van der Waals surface area contributed by atoms with Crippen molar-refractivity contribution in [2.45, 2.75) is 30.8 Å². The third-order valence-corrected chi connectivity index (χ3v) is 8.11. The molecule has 0 saturated carbocycles. The first-order valence-electron chi connectivity index (χ1n) is 11.7. The molecule has 2 aliphatic rings. The van der Waals surface area contributed by atoms with E-state index in [0.29, 0.717) is 56.5 Å². The van der Waals surface area contributed by atoms with Gasteiger partial charge in [-0.05, 0) is 44.2 Å². The molecule has 2 aliphatic heterocycles. The molecule has 0 unspecified atom stereocenters. The highest BCUT2D eigenvalue weighted by Crippen LogP contribution is 2.41. The van der Waals surface area contributed by atoms with Gasteiger partial charge < -0.3 is 19.5 Å². The summed E-state index contributed by atoms with van der Waals surface area (Å²) < 4.78 is 44.1. The molecule has 1 fully saturated rings. The second-order valence-electron chi connectivity index (χ2n) is 9.34. The van der Waals surface area contributed by atoms with Crippen molar-refractivity contribution in [2.24, 2.45) is 0 Å². The molecule has 0 bridgehead atoms. The van der Waals surface area contributed by atoms with E-state index >= 15 is 0 Å². The SMILES string of the molecule is COc1ccc(S(=O)(=O)N2CCN(CCNC(=O)COc3cccc4c3OC(C)(C)C4)CC2)cc1. The third-order valence-electron chi connectivity index (χ3n) is 6.19. The maximum absolute atomic E-state index is 12.9. The Morgan fingerprint density at radius 1 is 1.09 bits per heavy atom. The highest BCUT2D eigenvalue weighted by molar-refractivity contribution is 7.89. The zero-order valence-electron chi connectivity index (χ0n) is 20.5. The first kappa shape index (κ1) is 25.3. The number of nitrogens with one attached hydrogen (secondary N) is 1. The van der Waals surface area contributed by atoms with Gasteiger partial charge in [-0.2, -0.15) is 4.31 Å². The van der Waals surface area contributed by atoms with Crippen molar-refractivity contribution in [1.29, 1.82) is 0 Å². The number of rotatable bonds is 9. The Labute approximate surface area is 207 Å². The van der Waals surface area contributed by atoms with Crippen molar-refractivity contribution >= 4 is 15.9 Å². The zero-order chi connectivity index (χ0) is 25.1. The number of sulfonamides is 1. The molecule has 4 rings (SSSR count). The summed E-state index contributed by atoms with van der Waals surface area (Å²) in [7, 11) is -1.99. The first-order chi connectivity index (χ1) is 16.7. The van der Waals surface area contributed by atoms with Crippen LogP contribution >= 0.6 is 0 Å². The molecule has 0 aliphatic carbocycles. The molecule has 0 radical (unpaired) electrons. The van der Waals surface area contributed by atoms with Gasteiger partial charge in [0.15, 0.2) is 18.1 Å². The van der Waals surface area contributed by atoms with Crippen molar-refractivity contribution < 1.29 is 27.4 Å². The molecule has 0 spiro atoms. The zero-order valence-corrected chi connectivity index (χ0v) is 21.3. The van der Waals surface area contributed by atoms with Crippen LogP contribution in [0, 0.1) is 0 Å². The number of benzene rings is 2. The van der Waals surface area contributed by atoms with Crippen molar-refractivity contribution in [2.75, 3.05) is 53.0 Å². The van der Waals surface area contributed by atoms with Crippen LogP contribution in [0.25, 0.3) is 0 Å². The molecule has 1 amide bonds. The van der Waals surface area contributed by atoms with E-state index in [-0.39, 0.29) is 23.0 Å². The van der Waals surface area contributed by atoms with Gasteiger partial charge in [-0.25, -0.2) is 8.42 Å². The molecule has 2 aromatic carbocycles. The van der Waals surface area contributed by atoms with Crippen molar-refractivity contribution in [1.82, 2.24) is 14.5 Å². The normalized spacial score (nSPS) is 17.9. The molecule has 9 nitrogen and oxygen atoms in total. The standard InChI is InChI=1S/C25H33N3O6S/c1-25(2)17-19-5-4-6-22(24(19)34-25)33-18-23(29)26-11-12-27-13-15-28(16-14-27)35(30,31)21-9-7-20(32-3)8-10-21/h4-10H,11-18H2,1-3H3,(H,26,29). The van der Waals surface area contributed by atoms with Crippen LogP contribution in [0.15, 0.2) is 47.4 Å². The van der Waals surface area contributed by atoms with E-state index in [1.54, 1.807) is 31.4 Å². The largest absolute Gasteiger partial charge is 0.497 e. The summed E-state index contributed by atoms with van der Waals surface area (Å²) >= 11 is 0. The summed E-state index contributed by atoms with van der Waals surface area (Å²) in [4.78, 5) is 14.7. The maximum Gasteiger partial charge on any atom is 0.257 e. The summed E-state index contributed by atoms with van der Waals surface area (Å²) in [6, 6.07) is 12.2. The quantitative estimate of drug-likeness (QED) is 0.558. The van der Waals surface area contributed by atoms with Gasteiger partial charge in [0.05, 0.1) is 12.0 Å². The molecule has 2 aromatic rings. The molecule has 10 heteroatoms. The molecule has 1 saturated heterocycles. The van der Waals surface area contributed by atoms with Crippen LogP contribution in [0.3, 0.4) is 0 Å². The fourth-order valence-corrected chi connectivity index (χ4v) is 5.76. The number of ether oxygens (including phenoxy) is 3. The number of nitrogens with zero attached hydrogens (tertiary/aromatic N) is 2. The van der Waals surface area contributed by atoms with Gasteiger partial charge in [-0.1, -0.05) is 12.1 Å². The van der Waals surface area contributed by atoms with Crippen LogP contribution in [-0.2, 0) is 21.2 Å². The number of carbonyl (C=O) groups excluding carboxylic acids is 1. The number of hydrogen-bond donors (Lipinski definition) is 1. The number of piperazine rings is 1. The lowest BCUT2D eigenvalue weighted by Gasteiger charge is -2.34. The Bertz CT molecular complexity index is 1140. The van der Waals surface area contributed by atoms with Gasteiger partial charge >= 0.3 is 0 Å². The topological polar surface area (TPSA) is 97.4 Å². The smallest absolute Gasteiger partial charge is 0.257 e. The lowest BCUT2D eigenvalue weighted by atomic mass is 10.0. The minimum absolute atomic E-state index is 0.0892. The van der Waals surface area contributed by atoms with Crippen LogP contribution in [-0.4, -0.2) is 82.1 Å². The van der Waals surface area contributed by atoms with Gasteiger partial charge in [0.1, 0.15) is 11.4 Å². The number of methoxy groups -OCH3 is 1. The molecular formula is C25H33N3O6S. The van der Waals surface area contributed by atoms with E-state index < -0.39 is 10.0 Å². The van der Waals surface area contributed by atoms with E-state index in [1.165, 1.54) is 4.31 Å². The van der Waals surface area contributed by atoms with Crippen LogP contribution in [0.5, 0.6) is 17.2 Å². The Morgan fingerprint density at radius 3 is 2.49 bits per heavy atom. The second kappa shape index (κ2) is 10.4. The number of amides is 1. The Hall–Kier alpha value is -2.82. The van der Waals surface area contributed by atoms with Crippen molar-refractivity contribution in [3.8, 4) is 17.2 Å². The van der Waals surface area contributed by atoms with Crippen LogP contribution in [0.2, 0.25) is 0 Å². The first-order valence-corrected chi connectivity index (χ1v) is 13.2. The van der Waals surface area contributed by atoms with E-state index in [9.17, 15) is 13.2 Å². The number of fused-ring (bicyclic) bond motifs is 1. The molecule has 2 heterocycles. The monoisotopic (exact) mass is 503 g/mol. The van der Waals surface area contributed by atoms with Crippen molar-refractivity contribution in [3.63, 3.8) is 0 Å². The molecule has 1 N–H and O–H groups in total. The number of carbonyl (C=O) groups is 1. The second-order valence-corrected chi connectivity index (χ2v) is 11.3. The summed E-state index contributed by atoms with van der Waals surface area (Å²) in [5, 5.41) is 2.87. The predicted molar refractivity (Wildman–Crippen MR) is 132 cm³/mol. The minimum atomic E-state index is -3.54. The van der Waals surface area contributed by atoms with E-state index in [0.717, 1.165) is 12.0 Å². The average Bonchev–Trinajstić information content (AvgIpc) is 3.17. The van der Waals surface area contributed by atoms with E-state index in [1.807, 2.05) is 32.0 Å². The van der Waals surface area contributed by atoms with Crippen LogP contribution in [0.4, 0.5) is 0 Å². The van der Waals surface area contributed by atoms with Crippen molar-refractivity contribution in [3.05, 3.63) is 48.0 Å².